The van der Waals surface area contributed by atoms with Crippen LogP contribution in [0.3, 0.4) is 0 Å². The molecule has 0 atom stereocenters. The fourth-order valence-corrected chi connectivity index (χ4v) is 2.89. The van der Waals surface area contributed by atoms with Gasteiger partial charge in [0.05, 0.1) is 0 Å². The van der Waals surface area contributed by atoms with Gasteiger partial charge in [-0.15, -0.1) is 0 Å². The molecule has 0 fully saturated rings. The van der Waals surface area contributed by atoms with E-state index in [1.54, 1.807) is 0 Å². The molecule has 2 heterocycles. The van der Waals surface area contributed by atoms with Crippen molar-refractivity contribution in [3.63, 3.8) is 0 Å². The number of benzene rings is 2. The lowest BCUT2D eigenvalue weighted by atomic mass is 10.1. The lowest BCUT2D eigenvalue weighted by molar-refractivity contribution is 0.669. The van der Waals surface area contributed by atoms with E-state index in [0.29, 0.717) is 5.82 Å². The number of para-hydroxylation sites is 1. The lowest BCUT2D eigenvalue weighted by Gasteiger charge is -2.04. The molecular formula is C15H8BrN3O. The van der Waals surface area contributed by atoms with Crippen molar-refractivity contribution in [1.29, 1.82) is 0 Å². The van der Waals surface area contributed by atoms with Crippen LogP contribution in [0.4, 0.5) is 0 Å². The smallest absolute Gasteiger partial charge is 0.164 e. The molecule has 96 valence electrons. The summed E-state index contributed by atoms with van der Waals surface area (Å²) in [5.41, 5.74) is 2.61. The highest BCUT2D eigenvalue weighted by Gasteiger charge is 2.16. The molecule has 5 heteroatoms. The van der Waals surface area contributed by atoms with E-state index in [-0.39, 0.29) is 0 Å². The molecule has 0 saturated heterocycles. The maximum Gasteiger partial charge on any atom is 0.164 e. The van der Waals surface area contributed by atoms with Crippen LogP contribution in [0.25, 0.3) is 33.3 Å². The molecule has 2 aromatic carbocycles. The molecule has 0 N–H and O–H groups in total. The van der Waals surface area contributed by atoms with Gasteiger partial charge in [-0.25, -0.2) is 15.0 Å². The summed E-state index contributed by atoms with van der Waals surface area (Å²) in [6.07, 6.45) is 2.99. The Labute approximate surface area is 122 Å². The molecule has 0 aliphatic carbocycles. The number of nitrogens with zero attached hydrogens (tertiary/aromatic N) is 3. The highest BCUT2D eigenvalue weighted by Crippen LogP contribution is 2.39. The minimum Gasteiger partial charge on any atom is -0.456 e. The zero-order chi connectivity index (χ0) is 13.5. The summed E-state index contributed by atoms with van der Waals surface area (Å²) in [6, 6.07) is 11.9. The Bertz CT molecular complexity index is 918. The molecule has 4 aromatic rings. The van der Waals surface area contributed by atoms with Gasteiger partial charge in [-0.1, -0.05) is 34.1 Å². The van der Waals surface area contributed by atoms with Gasteiger partial charge in [0.15, 0.2) is 5.82 Å². The Balaban J connectivity index is 2.21. The largest absolute Gasteiger partial charge is 0.456 e. The standard InChI is InChI=1S/C15H8BrN3O/c16-10-5-6-12-13(9-3-1-2-4-11(9)20-12)14(10)15-18-7-17-8-19-15/h1-8H. The SMILES string of the molecule is Brc1ccc2oc3ccccc3c2c1-c1ncncn1. The molecule has 0 bridgehead atoms. The van der Waals surface area contributed by atoms with Crippen LogP contribution in [-0.4, -0.2) is 15.0 Å². The van der Waals surface area contributed by atoms with Crippen LogP contribution >= 0.6 is 15.9 Å². The maximum atomic E-state index is 5.88. The predicted molar refractivity (Wildman–Crippen MR) is 80.2 cm³/mol. The summed E-state index contributed by atoms with van der Waals surface area (Å²) in [7, 11) is 0. The van der Waals surface area contributed by atoms with E-state index in [1.807, 2.05) is 36.4 Å². The number of halogens is 1. The van der Waals surface area contributed by atoms with E-state index < -0.39 is 0 Å². The van der Waals surface area contributed by atoms with Crippen LogP contribution in [0, 0.1) is 0 Å². The van der Waals surface area contributed by atoms with Crippen LogP contribution in [-0.2, 0) is 0 Å². The Hall–Kier alpha value is -2.27. The van der Waals surface area contributed by atoms with Gasteiger partial charge in [0.2, 0.25) is 0 Å². The van der Waals surface area contributed by atoms with Crippen LogP contribution in [0.5, 0.6) is 0 Å². The average molecular weight is 326 g/mol. The summed E-state index contributed by atoms with van der Waals surface area (Å²) in [5.74, 6) is 0.629. The number of furan rings is 1. The lowest BCUT2D eigenvalue weighted by Crippen LogP contribution is -1.90. The summed E-state index contributed by atoms with van der Waals surface area (Å²) >= 11 is 3.58. The predicted octanol–water partition coefficient (Wildman–Crippen LogP) is 4.20. The number of fused-ring (bicyclic) bond motifs is 3. The normalized spacial score (nSPS) is 11.2. The highest BCUT2D eigenvalue weighted by atomic mass is 79.9. The second-order valence-electron chi connectivity index (χ2n) is 4.36. The van der Waals surface area contributed by atoms with E-state index >= 15 is 0 Å². The molecule has 0 spiro atoms. The number of hydrogen-bond acceptors (Lipinski definition) is 4. The number of aromatic nitrogens is 3. The van der Waals surface area contributed by atoms with Gasteiger partial charge < -0.3 is 4.42 Å². The third-order valence-electron chi connectivity index (χ3n) is 3.21. The van der Waals surface area contributed by atoms with Crippen LogP contribution in [0.2, 0.25) is 0 Å². The Morgan fingerprint density at radius 3 is 2.55 bits per heavy atom. The minimum absolute atomic E-state index is 0.629. The quantitative estimate of drug-likeness (QED) is 0.526. The topological polar surface area (TPSA) is 51.8 Å². The van der Waals surface area contributed by atoms with E-state index in [9.17, 15) is 0 Å². The minimum atomic E-state index is 0.629. The van der Waals surface area contributed by atoms with Crippen LogP contribution in [0.1, 0.15) is 0 Å². The molecule has 4 nitrogen and oxygen atoms in total. The first-order valence-electron chi connectivity index (χ1n) is 6.07. The van der Waals surface area contributed by atoms with Crippen molar-refractivity contribution in [3.8, 4) is 11.4 Å². The molecule has 0 radical (unpaired) electrons. The third-order valence-corrected chi connectivity index (χ3v) is 3.87. The highest BCUT2D eigenvalue weighted by molar-refractivity contribution is 9.10. The van der Waals surface area contributed by atoms with Crippen molar-refractivity contribution in [2.75, 3.05) is 0 Å². The van der Waals surface area contributed by atoms with Gasteiger partial charge in [0.25, 0.3) is 0 Å². The van der Waals surface area contributed by atoms with Crippen molar-refractivity contribution < 1.29 is 4.42 Å². The molecule has 0 unspecified atom stereocenters. The van der Waals surface area contributed by atoms with Gasteiger partial charge in [-0.2, -0.15) is 0 Å². The molecule has 0 amide bonds. The molecular weight excluding hydrogens is 318 g/mol. The van der Waals surface area contributed by atoms with E-state index in [4.69, 9.17) is 4.42 Å². The van der Waals surface area contributed by atoms with Crippen LogP contribution in [0.15, 0.2) is 57.9 Å². The summed E-state index contributed by atoms with van der Waals surface area (Å²) in [4.78, 5) is 12.4. The number of hydrogen-bond donors (Lipinski definition) is 0. The summed E-state index contributed by atoms with van der Waals surface area (Å²) in [6.45, 7) is 0. The van der Waals surface area contributed by atoms with Crippen molar-refractivity contribution in [3.05, 3.63) is 53.5 Å². The molecule has 2 aromatic heterocycles. The summed E-state index contributed by atoms with van der Waals surface area (Å²) < 4.78 is 6.81. The van der Waals surface area contributed by atoms with Gasteiger partial charge in [-0.05, 0) is 18.2 Å². The zero-order valence-corrected chi connectivity index (χ0v) is 11.8. The average Bonchev–Trinajstić information content (AvgIpc) is 2.87. The Kier molecular flexibility index (Phi) is 2.53. The third kappa shape index (κ3) is 1.63. The molecule has 4 rings (SSSR count). The van der Waals surface area contributed by atoms with Gasteiger partial charge in [-0.3, -0.25) is 0 Å². The Morgan fingerprint density at radius 1 is 0.900 bits per heavy atom. The van der Waals surface area contributed by atoms with Gasteiger partial charge >= 0.3 is 0 Å². The van der Waals surface area contributed by atoms with Crippen molar-refractivity contribution in [2.45, 2.75) is 0 Å². The van der Waals surface area contributed by atoms with E-state index in [2.05, 4.69) is 30.9 Å². The number of rotatable bonds is 1. The van der Waals surface area contributed by atoms with E-state index in [0.717, 1.165) is 32.0 Å². The van der Waals surface area contributed by atoms with Gasteiger partial charge in [0.1, 0.15) is 23.8 Å². The first kappa shape index (κ1) is 11.5. The van der Waals surface area contributed by atoms with Crippen LogP contribution < -0.4 is 0 Å². The maximum absolute atomic E-state index is 5.88. The molecule has 0 aliphatic rings. The fraction of sp³-hybridized carbons (Fsp3) is 0. The Morgan fingerprint density at radius 2 is 1.70 bits per heavy atom. The molecule has 0 aliphatic heterocycles. The summed E-state index contributed by atoms with van der Waals surface area (Å²) in [5, 5.41) is 2.07. The monoisotopic (exact) mass is 325 g/mol. The van der Waals surface area contributed by atoms with Gasteiger partial charge in [0, 0.05) is 20.8 Å². The fourth-order valence-electron chi connectivity index (χ4n) is 2.38. The zero-order valence-electron chi connectivity index (χ0n) is 10.2. The first-order valence-corrected chi connectivity index (χ1v) is 6.86. The molecule has 0 saturated carbocycles. The van der Waals surface area contributed by atoms with Crippen molar-refractivity contribution in [2.24, 2.45) is 0 Å². The van der Waals surface area contributed by atoms with Crippen molar-refractivity contribution in [1.82, 2.24) is 15.0 Å². The van der Waals surface area contributed by atoms with Crippen molar-refractivity contribution >= 4 is 37.9 Å². The second kappa shape index (κ2) is 4.38. The molecule has 20 heavy (non-hydrogen) atoms. The first-order chi connectivity index (χ1) is 9.84. The second-order valence-corrected chi connectivity index (χ2v) is 5.21. The van der Waals surface area contributed by atoms with E-state index in [1.165, 1.54) is 12.7 Å².